The molecule has 8 nitrogen and oxygen atoms in total. The Labute approximate surface area is 141 Å². The van der Waals surface area contributed by atoms with Gasteiger partial charge >= 0.3 is 5.97 Å². The first-order chi connectivity index (χ1) is 11.1. The fourth-order valence-electron chi connectivity index (χ4n) is 2.56. The summed E-state index contributed by atoms with van der Waals surface area (Å²) in [7, 11) is -5.28. The minimum atomic E-state index is -4.02. The Morgan fingerprint density at radius 1 is 1.08 bits per heavy atom. The first-order valence-corrected chi connectivity index (χ1v) is 10.2. The van der Waals surface area contributed by atoms with Crippen LogP contribution in [0.3, 0.4) is 0 Å². The molecule has 0 unspecified atom stereocenters. The van der Waals surface area contributed by atoms with E-state index >= 15 is 0 Å². The van der Waals surface area contributed by atoms with Crippen LogP contribution in [0.2, 0.25) is 0 Å². The van der Waals surface area contributed by atoms with Gasteiger partial charge in [-0.2, -0.15) is 4.31 Å². The zero-order chi connectivity index (χ0) is 18.1. The highest BCUT2D eigenvalue weighted by Gasteiger charge is 2.35. The number of sulfonamides is 2. The molecule has 1 aromatic rings. The van der Waals surface area contributed by atoms with Gasteiger partial charge in [-0.3, -0.25) is 4.79 Å². The average Bonchev–Trinajstić information content (AvgIpc) is 2.54. The van der Waals surface area contributed by atoms with E-state index in [1.165, 1.54) is 38.4 Å². The Kier molecular flexibility index (Phi) is 5.33. The van der Waals surface area contributed by atoms with Gasteiger partial charge in [-0.05, 0) is 25.0 Å². The van der Waals surface area contributed by atoms with Gasteiger partial charge in [0.2, 0.25) is 20.0 Å². The Morgan fingerprint density at radius 3 is 2.04 bits per heavy atom. The molecular weight excluding hydrogens is 356 g/mol. The molecule has 1 fully saturated rings. The minimum Gasteiger partial charge on any atom is -0.481 e. The third-order valence-corrected chi connectivity index (χ3v) is 7.99. The quantitative estimate of drug-likeness (QED) is 0.797. The summed E-state index contributed by atoms with van der Waals surface area (Å²) in [5.41, 5.74) is 0. The van der Waals surface area contributed by atoms with E-state index in [9.17, 15) is 21.6 Å². The number of nitrogens with zero attached hydrogens (tertiary/aromatic N) is 2. The van der Waals surface area contributed by atoms with Crippen LogP contribution >= 0.6 is 0 Å². The summed E-state index contributed by atoms with van der Waals surface area (Å²) in [6.07, 6.45) is 0.411. The molecule has 0 aliphatic carbocycles. The lowest BCUT2D eigenvalue weighted by Gasteiger charge is -2.30. The molecule has 0 radical (unpaired) electrons. The van der Waals surface area contributed by atoms with Gasteiger partial charge in [-0.15, -0.1) is 0 Å². The van der Waals surface area contributed by atoms with Gasteiger partial charge in [0.15, 0.2) is 0 Å². The van der Waals surface area contributed by atoms with Crippen molar-refractivity contribution in [1.29, 1.82) is 0 Å². The molecule has 10 heteroatoms. The summed E-state index contributed by atoms with van der Waals surface area (Å²) in [4.78, 5) is 10.4. The molecule has 0 spiro atoms. The summed E-state index contributed by atoms with van der Waals surface area (Å²) in [6.45, 7) is 0.102. The summed E-state index contributed by atoms with van der Waals surface area (Å²) in [6, 6.07) is 5.44. The highest BCUT2D eigenvalue weighted by molar-refractivity contribution is 7.92. The van der Waals surface area contributed by atoms with Crippen molar-refractivity contribution in [2.24, 2.45) is 5.92 Å². The third-order valence-electron chi connectivity index (χ3n) is 4.03. The number of carbonyl (C=O) groups is 1. The van der Waals surface area contributed by atoms with E-state index in [1.54, 1.807) is 0 Å². The van der Waals surface area contributed by atoms with Crippen molar-refractivity contribution in [3.63, 3.8) is 0 Å². The number of aliphatic carboxylic acids is 1. The van der Waals surface area contributed by atoms with Gasteiger partial charge in [-0.25, -0.2) is 21.1 Å². The van der Waals surface area contributed by atoms with E-state index in [4.69, 9.17) is 5.11 Å². The number of piperidine rings is 1. The average molecular weight is 376 g/mol. The van der Waals surface area contributed by atoms with E-state index in [2.05, 4.69) is 0 Å². The SMILES string of the molecule is CN(C)S(=O)(=O)c1ccccc1S(=O)(=O)N1CCC(C(=O)O)CC1. The zero-order valence-corrected chi connectivity index (χ0v) is 15.0. The molecular formula is C14H20N2O6S2. The molecule has 0 aromatic heterocycles. The number of benzene rings is 1. The number of carboxylic acid groups (broad SMARTS) is 1. The van der Waals surface area contributed by atoms with Crippen molar-refractivity contribution < 1.29 is 26.7 Å². The standard InChI is InChI=1S/C14H20N2O6S2/c1-15(2)23(19,20)12-5-3-4-6-13(12)24(21,22)16-9-7-11(8-10-16)14(17)18/h3-6,11H,7-10H2,1-2H3,(H,17,18). The molecule has 1 saturated heterocycles. The van der Waals surface area contributed by atoms with E-state index in [0.29, 0.717) is 0 Å². The lowest BCUT2D eigenvalue weighted by Crippen LogP contribution is -2.40. The topological polar surface area (TPSA) is 112 Å². The van der Waals surface area contributed by atoms with Crippen molar-refractivity contribution in [2.75, 3.05) is 27.2 Å². The molecule has 1 aliphatic heterocycles. The molecule has 2 rings (SSSR count). The highest BCUT2D eigenvalue weighted by Crippen LogP contribution is 2.29. The fourth-order valence-corrected chi connectivity index (χ4v) is 5.70. The largest absolute Gasteiger partial charge is 0.481 e. The fraction of sp³-hybridized carbons (Fsp3) is 0.500. The van der Waals surface area contributed by atoms with Crippen molar-refractivity contribution >= 4 is 26.0 Å². The van der Waals surface area contributed by atoms with Gasteiger partial charge in [-0.1, -0.05) is 12.1 Å². The monoisotopic (exact) mass is 376 g/mol. The Bertz CT molecular complexity index is 825. The number of carboxylic acids is 1. The van der Waals surface area contributed by atoms with Gasteiger partial charge < -0.3 is 5.11 Å². The van der Waals surface area contributed by atoms with Gasteiger partial charge in [0.05, 0.1) is 5.92 Å². The molecule has 0 bridgehead atoms. The minimum absolute atomic E-state index is 0.0512. The second-order valence-corrected chi connectivity index (χ2v) is 9.78. The van der Waals surface area contributed by atoms with Gasteiger partial charge in [0.1, 0.15) is 9.79 Å². The molecule has 1 heterocycles. The molecule has 24 heavy (non-hydrogen) atoms. The Hall–Kier alpha value is -1.49. The second-order valence-electron chi connectivity index (χ2n) is 5.75. The van der Waals surface area contributed by atoms with Crippen LogP contribution in [-0.4, -0.2) is 63.7 Å². The van der Waals surface area contributed by atoms with E-state index < -0.39 is 31.9 Å². The van der Waals surface area contributed by atoms with Gasteiger partial charge in [0.25, 0.3) is 0 Å². The predicted molar refractivity (Wildman–Crippen MR) is 86.4 cm³/mol. The lowest BCUT2D eigenvalue weighted by atomic mass is 9.99. The van der Waals surface area contributed by atoms with Crippen LogP contribution in [0.1, 0.15) is 12.8 Å². The maximum Gasteiger partial charge on any atom is 0.306 e. The summed E-state index contributed by atoms with van der Waals surface area (Å²) >= 11 is 0. The van der Waals surface area contributed by atoms with Crippen LogP contribution in [-0.2, 0) is 24.8 Å². The van der Waals surface area contributed by atoms with Crippen LogP contribution < -0.4 is 0 Å². The molecule has 0 atom stereocenters. The summed E-state index contributed by atoms with van der Waals surface area (Å²) in [5, 5.41) is 9.00. The molecule has 1 aliphatic rings. The Morgan fingerprint density at radius 2 is 1.58 bits per heavy atom. The van der Waals surface area contributed by atoms with E-state index in [-0.39, 0.29) is 35.7 Å². The second kappa shape index (κ2) is 6.79. The molecule has 1 N–H and O–H groups in total. The molecule has 1 aromatic carbocycles. The zero-order valence-electron chi connectivity index (χ0n) is 13.4. The summed E-state index contributed by atoms with van der Waals surface area (Å²) in [5.74, 6) is -1.51. The van der Waals surface area contributed by atoms with Crippen LogP contribution in [0.15, 0.2) is 34.1 Å². The number of hydrogen-bond acceptors (Lipinski definition) is 5. The molecule has 0 saturated carbocycles. The van der Waals surface area contributed by atoms with Crippen LogP contribution in [0.25, 0.3) is 0 Å². The van der Waals surface area contributed by atoms with Crippen molar-refractivity contribution in [1.82, 2.24) is 8.61 Å². The Balaban J connectivity index is 2.40. The van der Waals surface area contributed by atoms with Crippen molar-refractivity contribution in [2.45, 2.75) is 22.6 Å². The highest BCUT2D eigenvalue weighted by atomic mass is 32.2. The number of rotatable bonds is 5. The molecule has 134 valence electrons. The summed E-state index contributed by atoms with van der Waals surface area (Å²) < 4.78 is 52.6. The third kappa shape index (κ3) is 3.46. The van der Waals surface area contributed by atoms with Crippen molar-refractivity contribution in [3.8, 4) is 0 Å². The molecule has 0 amide bonds. The van der Waals surface area contributed by atoms with Crippen molar-refractivity contribution in [3.05, 3.63) is 24.3 Å². The number of hydrogen-bond donors (Lipinski definition) is 1. The van der Waals surface area contributed by atoms with E-state index in [0.717, 1.165) is 8.61 Å². The first kappa shape index (κ1) is 18.8. The maximum absolute atomic E-state index is 12.8. The van der Waals surface area contributed by atoms with Crippen LogP contribution in [0.4, 0.5) is 0 Å². The lowest BCUT2D eigenvalue weighted by molar-refractivity contribution is -0.142. The van der Waals surface area contributed by atoms with Crippen LogP contribution in [0, 0.1) is 5.92 Å². The van der Waals surface area contributed by atoms with Crippen LogP contribution in [0.5, 0.6) is 0 Å². The van der Waals surface area contributed by atoms with E-state index in [1.807, 2.05) is 0 Å². The van der Waals surface area contributed by atoms with Gasteiger partial charge in [0, 0.05) is 27.2 Å². The smallest absolute Gasteiger partial charge is 0.306 e. The first-order valence-electron chi connectivity index (χ1n) is 7.33. The maximum atomic E-state index is 12.8. The predicted octanol–water partition coefficient (Wildman–Crippen LogP) is 0.422. The normalized spacial score (nSPS) is 18.0.